The minimum absolute atomic E-state index is 0. The number of thiophene rings is 2. The van der Waals surface area contributed by atoms with E-state index in [9.17, 15) is 0 Å². The Morgan fingerprint density at radius 2 is 0.585 bits per heavy atom. The van der Waals surface area contributed by atoms with E-state index >= 15 is 0 Å². The summed E-state index contributed by atoms with van der Waals surface area (Å²) < 4.78 is 5.04. The largest absolute Gasteiger partial charge is 2.00 e. The van der Waals surface area contributed by atoms with E-state index in [0.29, 0.717) is 0 Å². The third-order valence-electron chi connectivity index (χ3n) is 25.9. The summed E-state index contributed by atoms with van der Waals surface area (Å²) in [5.74, 6) is 1.89. The minimum Gasteiger partial charge on any atom is -0.319 e. The number of pyridine rings is 4. The van der Waals surface area contributed by atoms with E-state index in [1.165, 1.54) is 114 Å². The van der Waals surface area contributed by atoms with Gasteiger partial charge in [-0.25, -0.2) is 9.97 Å². The van der Waals surface area contributed by atoms with Crippen LogP contribution in [-0.2, 0) is 40.8 Å². The Bertz CT molecular complexity index is 7690. The Kier molecular flexibility index (Phi) is 22.7. The van der Waals surface area contributed by atoms with Crippen molar-refractivity contribution in [2.75, 3.05) is 9.80 Å². The topological polar surface area (TPSA) is 58.0 Å². The normalized spacial score (nSPS) is 12.9. The van der Waals surface area contributed by atoms with Gasteiger partial charge in [0, 0.05) is 60.4 Å². The molecule has 0 bridgehead atoms. The fraction of sp³-hybridized carbons (Fsp3) is 0. The van der Waals surface area contributed by atoms with Crippen LogP contribution in [0.4, 0.5) is 34.4 Å². The van der Waals surface area contributed by atoms with Gasteiger partial charge in [0.05, 0.1) is 16.1 Å². The number of rotatable bonds is 16. The number of benzene rings is 16. The predicted molar refractivity (Wildman–Crippen MR) is 547 cm³/mol. The molecule has 6 nitrogen and oxygen atoms in total. The summed E-state index contributed by atoms with van der Waals surface area (Å²) in [7, 11) is -12.2. The summed E-state index contributed by atoms with van der Waals surface area (Å²) in [6, 6.07) is 181. The Morgan fingerprint density at radius 3 is 1.01 bits per heavy atom. The number of hydrogen-bond donors (Lipinski definition) is 0. The van der Waals surface area contributed by atoms with Crippen LogP contribution in [0.3, 0.4) is 0 Å². The summed E-state index contributed by atoms with van der Waals surface area (Å²) >= 11 is 3.74. The van der Waals surface area contributed by atoms with Crippen LogP contribution in [0.1, 0.15) is 0 Å². The first-order chi connectivity index (χ1) is 63.5. The number of anilines is 6. The van der Waals surface area contributed by atoms with E-state index in [0.717, 1.165) is 66.3 Å². The van der Waals surface area contributed by atoms with Gasteiger partial charge in [0.1, 0.15) is 27.8 Å². The average molecular weight is 1950 g/mol. The van der Waals surface area contributed by atoms with Gasteiger partial charge in [0.15, 0.2) is 16.1 Å². The Balaban J connectivity index is 0.000000155. The van der Waals surface area contributed by atoms with Gasteiger partial charge in [-0.2, -0.15) is 46.8 Å². The molecule has 24 rings (SSSR count). The van der Waals surface area contributed by atoms with Gasteiger partial charge >= 0.3 is 40.8 Å². The molecule has 6 aromatic heterocycles. The van der Waals surface area contributed by atoms with Crippen LogP contribution in [0, 0.1) is 24.3 Å². The summed E-state index contributed by atoms with van der Waals surface area (Å²) in [5, 5.41) is 25.1. The van der Waals surface area contributed by atoms with Crippen molar-refractivity contribution < 1.29 is 40.8 Å². The molecule has 8 heterocycles. The van der Waals surface area contributed by atoms with Gasteiger partial charge < -0.3 is 19.8 Å². The van der Waals surface area contributed by atoms with E-state index in [-0.39, 0.29) is 40.8 Å². The van der Waals surface area contributed by atoms with E-state index in [4.69, 9.17) is 19.9 Å². The molecule has 0 aliphatic carbocycles. The van der Waals surface area contributed by atoms with Crippen LogP contribution in [0.25, 0.3) is 62.9 Å². The zero-order chi connectivity index (χ0) is 85.0. The standard InChI is InChI=1S/2C58H39N3SSi2.2Pd/c1-5-22-44(23-6-1)63(45-24-7-2-8-25-45,48-30-17-20-42(40-48)52-33-15-16-38-59-52)49-31-18-21-43(41-49)61-56-54(37-36-51-50-32-13-14-34-53(50)62-57(51)56)64(46-26-9-3-10-27-46,47-28-11-4-12-29-47)55-35-19-39-60-58(55)61;1-5-22-44(23-6-1)63(45-24-7-2-8-25-45,48-30-17-20-42(40-48)51-33-15-16-38-59-51)49-31-18-21-43(41-49)61-57-54(37-36-53-56(57)50-32-13-14-34-52(50)62-53)64(46-26-9-3-10-27-46,47-28-11-4-12-29-47)55-35-19-39-60-58(55)61;;/h2*1-39H;;/q2*-2;2*+2. The van der Waals surface area contributed by atoms with E-state index in [2.05, 4.69) is 459 Å². The maximum atomic E-state index is 5.45. The predicted octanol–water partition coefficient (Wildman–Crippen LogP) is 17.3. The first kappa shape index (κ1) is 83.3. The summed E-state index contributed by atoms with van der Waals surface area (Å²) in [4.78, 5) is 25.3. The van der Waals surface area contributed by atoms with Crippen LogP contribution < -0.4 is 92.8 Å². The van der Waals surface area contributed by atoms with Gasteiger partial charge in [-0.15, -0.1) is 105 Å². The molecule has 130 heavy (non-hydrogen) atoms. The van der Waals surface area contributed by atoms with E-state index in [1.54, 1.807) is 0 Å². The first-order valence-electron chi connectivity index (χ1n) is 43.3. The number of aromatic nitrogens is 4. The molecule has 0 amide bonds. The molecule has 0 radical (unpaired) electrons. The molecule has 2 aliphatic heterocycles. The zero-order valence-electron chi connectivity index (χ0n) is 70.2. The second kappa shape index (κ2) is 35.4. The van der Waals surface area contributed by atoms with Crippen molar-refractivity contribution in [2.45, 2.75) is 0 Å². The minimum atomic E-state index is -3.14. The molecule has 0 spiro atoms. The van der Waals surface area contributed by atoms with Crippen LogP contribution in [-0.4, -0.2) is 52.2 Å². The third-order valence-corrected chi connectivity index (χ3v) is 47.0. The van der Waals surface area contributed by atoms with E-state index < -0.39 is 32.3 Å². The molecule has 0 saturated heterocycles. The molecule has 0 unspecified atom stereocenters. The fourth-order valence-electron chi connectivity index (χ4n) is 20.6. The third kappa shape index (κ3) is 13.6. The monoisotopic (exact) mass is 1940 g/mol. The van der Waals surface area contributed by atoms with Crippen LogP contribution in [0.15, 0.2) is 474 Å². The number of nitrogens with zero attached hydrogens (tertiary/aromatic N) is 6. The molecular weight excluding hydrogens is 1870 g/mol. The number of fused-ring (bicyclic) bond motifs is 12. The SMILES string of the molecule is [Pd+2].[Pd+2].[c-]1c(-c2ccccn2)cccc1[Si](c1[c-]c(N2c3ncccc3[Si](c3ccccc3)(c3ccccc3)c3ccc4c(sc5ccccc54)c32)ccc1)(c1ccccc1)c1ccccc1.[c-]1c(-c2ccccn2)cccc1[Si](c1[c-]c(N2c3ncccc3[Si](c3ccccc3)(c3ccccc3)c3ccc4sc5ccccc5c4c32)ccc1)(c1ccccc1)c1ccccc1. The molecular formula is C116H78N6Pd2S2Si4. The second-order valence-corrected chi connectivity index (χ2v) is 49.6. The fourth-order valence-corrected chi connectivity index (χ4v) is 42.3. The van der Waals surface area contributed by atoms with Crippen molar-refractivity contribution in [3.05, 3.63) is 498 Å². The van der Waals surface area contributed by atoms with Crippen molar-refractivity contribution in [3.63, 3.8) is 0 Å². The molecule has 620 valence electrons. The molecule has 0 N–H and O–H groups in total. The van der Waals surface area contributed by atoms with Crippen molar-refractivity contribution in [1.29, 1.82) is 0 Å². The van der Waals surface area contributed by atoms with Gasteiger partial charge in [-0.05, 0) is 116 Å². The molecule has 0 atom stereocenters. The van der Waals surface area contributed by atoms with Crippen molar-refractivity contribution in [2.24, 2.45) is 0 Å². The quantitative estimate of drug-likeness (QED) is 0.0546. The van der Waals surface area contributed by atoms with Gasteiger partial charge in [0.2, 0.25) is 0 Å². The number of hydrogen-bond acceptors (Lipinski definition) is 8. The zero-order valence-corrected chi connectivity index (χ0v) is 78.9. The summed E-state index contributed by atoms with van der Waals surface area (Å²) in [6.07, 6.45) is 7.64. The Hall–Kier alpha value is -13.6. The maximum absolute atomic E-state index is 5.45. The Morgan fingerprint density at radius 1 is 0.238 bits per heavy atom. The molecule has 16 aromatic carbocycles. The van der Waals surface area contributed by atoms with Crippen LogP contribution >= 0.6 is 22.7 Å². The molecule has 22 aromatic rings. The smallest absolute Gasteiger partial charge is 0.319 e. The Labute approximate surface area is 796 Å². The van der Waals surface area contributed by atoms with Crippen molar-refractivity contribution >= 4 is 213 Å². The summed E-state index contributed by atoms with van der Waals surface area (Å²) in [5.41, 5.74) is 8.02. The van der Waals surface area contributed by atoms with Crippen LogP contribution in [0.5, 0.6) is 0 Å². The van der Waals surface area contributed by atoms with Gasteiger partial charge in [-0.1, -0.05) is 345 Å². The molecule has 14 heteroatoms. The van der Waals surface area contributed by atoms with Gasteiger partial charge in [-0.3, -0.25) is 0 Å². The van der Waals surface area contributed by atoms with Crippen molar-refractivity contribution in [3.8, 4) is 22.5 Å². The van der Waals surface area contributed by atoms with Gasteiger partial charge in [0.25, 0.3) is 0 Å². The maximum Gasteiger partial charge on any atom is 2.00 e. The van der Waals surface area contributed by atoms with E-state index in [1.807, 2.05) is 71.7 Å². The van der Waals surface area contributed by atoms with Crippen molar-refractivity contribution in [1.82, 2.24) is 19.9 Å². The molecule has 0 saturated carbocycles. The second-order valence-electron chi connectivity index (χ2n) is 32.5. The first-order valence-corrected chi connectivity index (χ1v) is 52.9. The summed E-state index contributed by atoms with van der Waals surface area (Å²) in [6.45, 7) is 0. The molecule has 2 aliphatic rings. The molecule has 0 fully saturated rings. The average Bonchev–Trinajstić information content (AvgIpc) is 1.16. The van der Waals surface area contributed by atoms with Crippen LogP contribution in [0.2, 0.25) is 0 Å².